The maximum Gasteiger partial charge on any atom is 0.0717 e. The maximum atomic E-state index is 5.62. The van der Waals surface area contributed by atoms with Crippen molar-refractivity contribution < 1.29 is 4.74 Å². The lowest BCUT2D eigenvalue weighted by atomic mass is 9.99. The molecule has 136 valence electrons. The minimum Gasteiger partial charge on any atom is -0.376 e. The molecule has 0 aliphatic heterocycles. The number of benzene rings is 3. The van der Waals surface area contributed by atoms with E-state index in [0.717, 1.165) is 13.0 Å². The fourth-order valence-electron chi connectivity index (χ4n) is 2.98. The Labute approximate surface area is 162 Å². The second-order valence-corrected chi connectivity index (χ2v) is 6.53. The zero-order valence-corrected chi connectivity index (χ0v) is 15.9. The lowest BCUT2D eigenvalue weighted by Crippen LogP contribution is -1.94. The van der Waals surface area contributed by atoms with Crippen molar-refractivity contribution in [2.45, 2.75) is 20.0 Å². The summed E-state index contributed by atoms with van der Waals surface area (Å²) in [7, 11) is 0. The third-order valence-corrected chi connectivity index (χ3v) is 4.51. The predicted molar refractivity (Wildman–Crippen MR) is 116 cm³/mol. The number of hydrogen-bond acceptors (Lipinski definition) is 1. The van der Waals surface area contributed by atoms with Gasteiger partial charge < -0.3 is 4.74 Å². The molecule has 1 heteroatoms. The average Bonchev–Trinajstić information content (AvgIpc) is 2.73. The van der Waals surface area contributed by atoms with Crippen LogP contribution < -0.4 is 0 Å². The molecule has 0 radical (unpaired) electrons. The predicted octanol–water partition coefficient (Wildman–Crippen LogP) is 7.15. The number of hydrogen-bond donors (Lipinski definition) is 0. The molecule has 0 N–H and O–H groups in total. The van der Waals surface area contributed by atoms with Crippen LogP contribution >= 0.6 is 0 Å². The Morgan fingerprint density at radius 1 is 0.741 bits per heavy atom. The van der Waals surface area contributed by atoms with E-state index in [0.29, 0.717) is 6.61 Å². The average molecular weight is 354 g/mol. The van der Waals surface area contributed by atoms with Crippen molar-refractivity contribution >= 4 is 6.08 Å². The first kappa shape index (κ1) is 18.9. The second-order valence-electron chi connectivity index (χ2n) is 6.53. The van der Waals surface area contributed by atoms with Gasteiger partial charge in [0, 0.05) is 0 Å². The summed E-state index contributed by atoms with van der Waals surface area (Å²) in [5, 5.41) is 0. The monoisotopic (exact) mass is 354 g/mol. The van der Waals surface area contributed by atoms with Crippen LogP contribution in [0.15, 0.2) is 91.5 Å². The molecule has 0 spiro atoms. The molecular weight excluding hydrogens is 328 g/mol. The summed E-state index contributed by atoms with van der Waals surface area (Å²) >= 11 is 0. The van der Waals surface area contributed by atoms with E-state index >= 15 is 0 Å². The summed E-state index contributed by atoms with van der Waals surface area (Å²) < 4.78 is 5.62. The van der Waals surface area contributed by atoms with E-state index in [-0.39, 0.29) is 0 Å². The van der Waals surface area contributed by atoms with Gasteiger partial charge >= 0.3 is 0 Å². The van der Waals surface area contributed by atoms with Gasteiger partial charge in [-0.25, -0.2) is 0 Å². The van der Waals surface area contributed by atoms with Crippen LogP contribution in [0.1, 0.15) is 24.5 Å². The Kier molecular flexibility index (Phi) is 6.78. The molecule has 0 aromatic heterocycles. The van der Waals surface area contributed by atoms with E-state index < -0.39 is 0 Å². The summed E-state index contributed by atoms with van der Waals surface area (Å²) in [6.45, 7) is 7.11. The molecule has 0 aliphatic carbocycles. The number of rotatable bonds is 8. The molecule has 0 bridgehead atoms. The van der Waals surface area contributed by atoms with E-state index in [1.165, 1.54) is 33.4 Å². The molecule has 27 heavy (non-hydrogen) atoms. The van der Waals surface area contributed by atoms with Gasteiger partial charge in [0.25, 0.3) is 0 Å². The van der Waals surface area contributed by atoms with Crippen molar-refractivity contribution in [1.29, 1.82) is 0 Å². The maximum absolute atomic E-state index is 5.62. The van der Waals surface area contributed by atoms with Gasteiger partial charge in [0.15, 0.2) is 0 Å². The molecule has 3 aromatic carbocycles. The summed E-state index contributed by atoms with van der Waals surface area (Å²) in [6, 6.07) is 26.0. The van der Waals surface area contributed by atoms with E-state index in [4.69, 9.17) is 4.74 Å². The van der Waals surface area contributed by atoms with E-state index in [9.17, 15) is 0 Å². The van der Waals surface area contributed by atoms with Gasteiger partial charge in [-0.15, -0.1) is 6.58 Å². The molecule has 3 rings (SSSR count). The first-order valence-electron chi connectivity index (χ1n) is 9.41. The molecule has 0 saturated carbocycles. The molecule has 0 atom stereocenters. The lowest BCUT2D eigenvalue weighted by Gasteiger charge is -2.07. The Hall–Kier alpha value is -2.90. The number of ether oxygens (including phenoxy) is 1. The fourth-order valence-corrected chi connectivity index (χ4v) is 2.98. The van der Waals surface area contributed by atoms with Crippen molar-refractivity contribution in [2.75, 3.05) is 6.61 Å². The smallest absolute Gasteiger partial charge is 0.0717 e. The Bertz CT molecular complexity index is 869. The van der Waals surface area contributed by atoms with Crippen LogP contribution in [-0.4, -0.2) is 6.61 Å². The molecule has 0 unspecified atom stereocenters. The van der Waals surface area contributed by atoms with E-state index in [1.807, 2.05) is 13.0 Å². The highest BCUT2D eigenvalue weighted by molar-refractivity contribution is 5.71. The van der Waals surface area contributed by atoms with Crippen molar-refractivity contribution in [2.24, 2.45) is 0 Å². The van der Waals surface area contributed by atoms with Gasteiger partial charge in [-0.3, -0.25) is 0 Å². The third-order valence-electron chi connectivity index (χ3n) is 4.51. The van der Waals surface area contributed by atoms with Crippen LogP contribution in [0.3, 0.4) is 0 Å². The Morgan fingerprint density at radius 2 is 1.22 bits per heavy atom. The lowest BCUT2D eigenvalue weighted by molar-refractivity contribution is 0.125. The highest BCUT2D eigenvalue weighted by Gasteiger charge is 2.01. The molecule has 0 aliphatic rings. The fraction of sp³-hybridized carbons (Fsp3) is 0.154. The van der Waals surface area contributed by atoms with Crippen LogP contribution in [0.5, 0.6) is 0 Å². The summed E-state index contributed by atoms with van der Waals surface area (Å²) in [5.41, 5.74) is 7.34. The normalized spacial score (nSPS) is 11.0. The molecule has 0 fully saturated rings. The van der Waals surface area contributed by atoms with Crippen LogP contribution in [0.25, 0.3) is 28.3 Å². The zero-order valence-electron chi connectivity index (χ0n) is 15.9. The molecule has 1 nitrogen and oxygen atoms in total. The minimum absolute atomic E-state index is 0.649. The van der Waals surface area contributed by atoms with Crippen LogP contribution in [0.2, 0.25) is 0 Å². The third kappa shape index (κ3) is 5.29. The van der Waals surface area contributed by atoms with Gasteiger partial charge in [-0.05, 0) is 46.7 Å². The first-order chi connectivity index (χ1) is 13.3. The highest BCUT2D eigenvalue weighted by Crippen LogP contribution is 2.25. The van der Waals surface area contributed by atoms with Gasteiger partial charge in [0.1, 0.15) is 0 Å². The topological polar surface area (TPSA) is 9.23 Å². The van der Waals surface area contributed by atoms with Gasteiger partial charge in [-0.1, -0.05) is 91.0 Å². The Morgan fingerprint density at radius 3 is 1.70 bits per heavy atom. The van der Waals surface area contributed by atoms with Crippen molar-refractivity contribution in [3.63, 3.8) is 0 Å². The van der Waals surface area contributed by atoms with Crippen molar-refractivity contribution in [3.8, 4) is 22.3 Å². The molecule has 0 saturated heterocycles. The summed E-state index contributed by atoms with van der Waals surface area (Å²) in [6.07, 6.45) is 6.94. The molecular formula is C26H26O. The van der Waals surface area contributed by atoms with E-state index in [1.54, 1.807) is 0 Å². The van der Waals surface area contributed by atoms with Crippen LogP contribution in [0, 0.1) is 0 Å². The zero-order chi connectivity index (χ0) is 18.9. The molecule has 3 aromatic rings. The van der Waals surface area contributed by atoms with Crippen molar-refractivity contribution in [3.05, 3.63) is 103 Å². The summed E-state index contributed by atoms with van der Waals surface area (Å²) in [5.74, 6) is 0. The van der Waals surface area contributed by atoms with Crippen molar-refractivity contribution in [1.82, 2.24) is 0 Å². The second kappa shape index (κ2) is 9.70. The standard InChI is InChI=1S/C26H26O/c1-3-5-19-27-20-22-9-13-24(14-10-22)26-17-15-25(16-18-26)23-11-7-21(6-4-2)8-12-23/h3-4,6-18H,1,5,19-20H2,2H3/b6-4-. The van der Waals surface area contributed by atoms with Crippen LogP contribution in [0.4, 0.5) is 0 Å². The minimum atomic E-state index is 0.649. The SMILES string of the molecule is C=CCCOCc1ccc(-c2ccc(-c3ccc(/C=C\C)cc3)cc2)cc1. The largest absolute Gasteiger partial charge is 0.376 e. The van der Waals surface area contributed by atoms with Crippen LogP contribution in [-0.2, 0) is 11.3 Å². The number of allylic oxidation sites excluding steroid dienone is 1. The van der Waals surface area contributed by atoms with Gasteiger partial charge in [0.05, 0.1) is 13.2 Å². The van der Waals surface area contributed by atoms with E-state index in [2.05, 4.69) is 91.5 Å². The highest BCUT2D eigenvalue weighted by atomic mass is 16.5. The summed E-state index contributed by atoms with van der Waals surface area (Å²) in [4.78, 5) is 0. The first-order valence-corrected chi connectivity index (χ1v) is 9.41. The van der Waals surface area contributed by atoms with Gasteiger partial charge in [-0.2, -0.15) is 0 Å². The Balaban J connectivity index is 1.66. The molecule has 0 amide bonds. The molecule has 0 heterocycles. The quantitative estimate of drug-likeness (QED) is 0.308. The van der Waals surface area contributed by atoms with Gasteiger partial charge in [0.2, 0.25) is 0 Å².